The van der Waals surface area contributed by atoms with Gasteiger partial charge in [-0.1, -0.05) is 0 Å². The molecular weight excluding hydrogens is 339 g/mol. The van der Waals surface area contributed by atoms with Crippen LogP contribution in [0.15, 0.2) is 22.6 Å². The lowest BCUT2D eigenvalue weighted by atomic mass is 10.2. The standard InChI is InChI=1S/C13H12F3N3O3.ClH/c14-13(15,16)12-19-8-5-7(1-2-9(8)22-12)18-11(20)10-6-17-3-4-21-10;/h1-2,5,10,17H,3-4,6H2,(H,18,20);1H. The molecule has 1 amide bonds. The molecule has 1 unspecified atom stereocenters. The predicted molar refractivity (Wildman–Crippen MR) is 77.5 cm³/mol. The van der Waals surface area contributed by atoms with Gasteiger partial charge in [-0.2, -0.15) is 13.2 Å². The van der Waals surface area contributed by atoms with Crippen LogP contribution in [-0.2, 0) is 15.7 Å². The van der Waals surface area contributed by atoms with E-state index in [-0.39, 0.29) is 29.4 Å². The van der Waals surface area contributed by atoms with Crippen molar-refractivity contribution in [1.82, 2.24) is 10.3 Å². The number of fused-ring (bicyclic) bond motifs is 1. The first-order valence-corrected chi connectivity index (χ1v) is 6.54. The Bertz CT molecular complexity index is 699. The first-order valence-electron chi connectivity index (χ1n) is 6.54. The van der Waals surface area contributed by atoms with Crippen LogP contribution in [0.4, 0.5) is 18.9 Å². The van der Waals surface area contributed by atoms with Gasteiger partial charge in [0.25, 0.3) is 5.91 Å². The van der Waals surface area contributed by atoms with E-state index in [0.29, 0.717) is 25.4 Å². The highest BCUT2D eigenvalue weighted by Crippen LogP contribution is 2.31. The summed E-state index contributed by atoms with van der Waals surface area (Å²) in [6, 6.07) is 4.09. The molecule has 1 aromatic heterocycles. The van der Waals surface area contributed by atoms with Gasteiger partial charge in [-0.25, -0.2) is 4.98 Å². The predicted octanol–water partition coefficient (Wildman–Crippen LogP) is 2.20. The summed E-state index contributed by atoms with van der Waals surface area (Å²) in [7, 11) is 0. The molecule has 1 fully saturated rings. The molecule has 1 saturated heterocycles. The number of morpholine rings is 1. The highest BCUT2D eigenvalue weighted by atomic mass is 35.5. The maximum absolute atomic E-state index is 12.5. The Balaban J connectivity index is 0.00000192. The number of nitrogens with zero attached hydrogens (tertiary/aromatic N) is 1. The number of carbonyl (C=O) groups is 1. The Morgan fingerprint density at radius 2 is 2.17 bits per heavy atom. The summed E-state index contributed by atoms with van der Waals surface area (Å²) in [4.78, 5) is 15.3. The molecule has 0 aliphatic carbocycles. The third-order valence-electron chi connectivity index (χ3n) is 3.12. The maximum atomic E-state index is 12.5. The molecule has 6 nitrogen and oxygen atoms in total. The van der Waals surface area contributed by atoms with Crippen molar-refractivity contribution in [2.75, 3.05) is 25.0 Å². The van der Waals surface area contributed by atoms with Crippen LogP contribution in [0, 0.1) is 0 Å². The molecule has 23 heavy (non-hydrogen) atoms. The van der Waals surface area contributed by atoms with Gasteiger partial charge >= 0.3 is 12.1 Å². The number of anilines is 1. The van der Waals surface area contributed by atoms with E-state index in [1.165, 1.54) is 18.2 Å². The first-order chi connectivity index (χ1) is 10.4. The van der Waals surface area contributed by atoms with Crippen molar-refractivity contribution in [2.24, 2.45) is 0 Å². The summed E-state index contributed by atoms with van der Waals surface area (Å²) in [6.45, 7) is 1.49. The van der Waals surface area contributed by atoms with E-state index >= 15 is 0 Å². The van der Waals surface area contributed by atoms with Gasteiger partial charge in [0.05, 0.1) is 6.61 Å². The van der Waals surface area contributed by atoms with Crippen LogP contribution in [0.25, 0.3) is 11.1 Å². The molecule has 1 aromatic carbocycles. The van der Waals surface area contributed by atoms with Gasteiger partial charge in [0.15, 0.2) is 5.58 Å². The van der Waals surface area contributed by atoms with Crippen molar-refractivity contribution < 1.29 is 27.1 Å². The molecule has 3 rings (SSSR count). The molecule has 126 valence electrons. The number of alkyl halides is 3. The Morgan fingerprint density at radius 3 is 2.83 bits per heavy atom. The number of hydrogen-bond acceptors (Lipinski definition) is 5. The van der Waals surface area contributed by atoms with Crippen LogP contribution < -0.4 is 10.6 Å². The zero-order valence-corrected chi connectivity index (χ0v) is 12.5. The highest BCUT2D eigenvalue weighted by molar-refractivity contribution is 5.95. The van der Waals surface area contributed by atoms with Crippen molar-refractivity contribution in [3.05, 3.63) is 24.1 Å². The maximum Gasteiger partial charge on any atom is 0.468 e. The highest BCUT2D eigenvalue weighted by Gasteiger charge is 2.37. The minimum Gasteiger partial charge on any atom is -0.433 e. The summed E-state index contributed by atoms with van der Waals surface area (Å²) in [6.07, 6.45) is -5.28. The molecule has 1 aliphatic heterocycles. The van der Waals surface area contributed by atoms with Gasteiger partial charge in [-0.05, 0) is 18.2 Å². The summed E-state index contributed by atoms with van der Waals surface area (Å²) in [5.74, 6) is -1.68. The normalized spacial score (nSPS) is 18.5. The summed E-state index contributed by atoms with van der Waals surface area (Å²) < 4.78 is 47.5. The monoisotopic (exact) mass is 351 g/mol. The second-order valence-corrected chi connectivity index (χ2v) is 4.75. The molecule has 0 spiro atoms. The van der Waals surface area contributed by atoms with Gasteiger partial charge in [0.2, 0.25) is 0 Å². The molecule has 0 bridgehead atoms. The minimum atomic E-state index is -4.65. The molecular formula is C13H13ClF3N3O3. The summed E-state index contributed by atoms with van der Waals surface area (Å²) >= 11 is 0. The lowest BCUT2D eigenvalue weighted by Crippen LogP contribution is -2.45. The number of aromatic nitrogens is 1. The van der Waals surface area contributed by atoms with Crippen LogP contribution in [-0.4, -0.2) is 36.7 Å². The average molecular weight is 352 g/mol. The van der Waals surface area contributed by atoms with Crippen molar-refractivity contribution in [1.29, 1.82) is 0 Å². The Labute approximate surface area is 134 Å². The fourth-order valence-corrected chi connectivity index (χ4v) is 2.08. The third-order valence-corrected chi connectivity index (χ3v) is 3.12. The SMILES string of the molecule is Cl.O=C(Nc1ccc2oc(C(F)(F)F)nc2c1)C1CNCCO1. The molecule has 1 aliphatic rings. The van der Waals surface area contributed by atoms with Gasteiger partial charge in [-0.3, -0.25) is 4.79 Å². The van der Waals surface area contributed by atoms with E-state index in [0.717, 1.165) is 0 Å². The summed E-state index contributed by atoms with van der Waals surface area (Å²) in [5.41, 5.74) is 0.349. The smallest absolute Gasteiger partial charge is 0.433 e. The van der Waals surface area contributed by atoms with Crippen molar-refractivity contribution >= 4 is 35.1 Å². The second-order valence-electron chi connectivity index (χ2n) is 4.75. The van der Waals surface area contributed by atoms with Crippen LogP contribution in [0.3, 0.4) is 0 Å². The van der Waals surface area contributed by atoms with Crippen molar-refractivity contribution in [3.8, 4) is 0 Å². The third kappa shape index (κ3) is 3.92. The topological polar surface area (TPSA) is 76.4 Å². The number of ether oxygens (including phenoxy) is 1. The van der Waals surface area contributed by atoms with E-state index in [1.807, 2.05) is 0 Å². The second kappa shape index (κ2) is 6.73. The fraction of sp³-hybridized carbons (Fsp3) is 0.385. The molecule has 2 N–H and O–H groups in total. The number of amides is 1. The number of oxazole rings is 1. The van der Waals surface area contributed by atoms with Crippen molar-refractivity contribution in [2.45, 2.75) is 12.3 Å². The largest absolute Gasteiger partial charge is 0.468 e. The van der Waals surface area contributed by atoms with Gasteiger partial charge in [0, 0.05) is 18.8 Å². The quantitative estimate of drug-likeness (QED) is 0.867. The van der Waals surface area contributed by atoms with Crippen LogP contribution in [0.2, 0.25) is 0 Å². The number of carbonyl (C=O) groups excluding carboxylic acids is 1. The van der Waals surface area contributed by atoms with Crippen LogP contribution in [0.5, 0.6) is 0 Å². The van der Waals surface area contributed by atoms with Crippen LogP contribution >= 0.6 is 12.4 Å². The summed E-state index contributed by atoms with van der Waals surface area (Å²) in [5, 5.41) is 5.60. The van der Waals surface area contributed by atoms with Gasteiger partial charge in [-0.15, -0.1) is 12.4 Å². The molecule has 0 radical (unpaired) electrons. The van der Waals surface area contributed by atoms with Gasteiger partial charge in [0.1, 0.15) is 11.6 Å². The molecule has 10 heteroatoms. The molecule has 0 saturated carbocycles. The molecule has 2 heterocycles. The number of halogens is 4. The zero-order valence-electron chi connectivity index (χ0n) is 11.6. The Hall–Kier alpha value is -1.84. The van der Waals surface area contributed by atoms with E-state index in [4.69, 9.17) is 4.74 Å². The first kappa shape index (κ1) is 17.5. The number of hydrogen-bond donors (Lipinski definition) is 2. The van der Waals surface area contributed by atoms with Crippen molar-refractivity contribution in [3.63, 3.8) is 0 Å². The number of benzene rings is 1. The average Bonchev–Trinajstić information content (AvgIpc) is 2.91. The van der Waals surface area contributed by atoms with Gasteiger partial charge < -0.3 is 19.8 Å². The van der Waals surface area contributed by atoms with E-state index in [2.05, 4.69) is 20.0 Å². The lowest BCUT2D eigenvalue weighted by molar-refractivity contribution is -0.156. The van der Waals surface area contributed by atoms with E-state index < -0.39 is 18.2 Å². The van der Waals surface area contributed by atoms with Crippen LogP contribution in [0.1, 0.15) is 5.89 Å². The van der Waals surface area contributed by atoms with E-state index in [1.54, 1.807) is 0 Å². The van der Waals surface area contributed by atoms with E-state index in [9.17, 15) is 18.0 Å². The fourth-order valence-electron chi connectivity index (χ4n) is 2.08. The molecule has 1 atom stereocenters. The Kier molecular flexibility index (Phi) is 5.12. The minimum absolute atomic E-state index is 0. The zero-order chi connectivity index (χ0) is 15.7. The number of nitrogens with one attached hydrogen (secondary N) is 2. The lowest BCUT2D eigenvalue weighted by Gasteiger charge is -2.22. The molecule has 2 aromatic rings. The Morgan fingerprint density at radius 1 is 1.39 bits per heavy atom. The number of rotatable bonds is 2.